The van der Waals surface area contributed by atoms with E-state index in [1.165, 1.54) is 55.3 Å². The van der Waals surface area contributed by atoms with E-state index in [0.29, 0.717) is 0 Å². The van der Waals surface area contributed by atoms with Crippen molar-refractivity contribution in [2.45, 2.75) is 19.3 Å². The highest BCUT2D eigenvalue weighted by atomic mass is 15.1. The third-order valence-corrected chi connectivity index (χ3v) is 11.3. The molecule has 0 atom stereocenters. The van der Waals surface area contributed by atoms with Crippen molar-refractivity contribution in [2.24, 2.45) is 0 Å². The third-order valence-electron chi connectivity index (χ3n) is 11.3. The van der Waals surface area contributed by atoms with Gasteiger partial charge in [-0.25, -0.2) is 4.98 Å². The van der Waals surface area contributed by atoms with Crippen molar-refractivity contribution in [1.82, 2.24) is 4.98 Å². The summed E-state index contributed by atoms with van der Waals surface area (Å²) < 4.78 is 0. The van der Waals surface area contributed by atoms with Crippen LogP contribution in [0.1, 0.15) is 25.0 Å². The van der Waals surface area contributed by atoms with Crippen molar-refractivity contribution in [3.8, 4) is 44.6 Å². The predicted molar refractivity (Wildman–Crippen MR) is 228 cm³/mol. The topological polar surface area (TPSA) is 16.1 Å². The summed E-state index contributed by atoms with van der Waals surface area (Å²) in [5.74, 6) is 0. The van der Waals surface area contributed by atoms with Crippen molar-refractivity contribution in [1.29, 1.82) is 0 Å². The van der Waals surface area contributed by atoms with Crippen molar-refractivity contribution in [2.75, 3.05) is 4.90 Å². The molecule has 256 valence electrons. The molecule has 10 rings (SSSR count). The largest absolute Gasteiger partial charge is 0.311 e. The fraction of sp³-hybridized carbons (Fsp3) is 0.0577. The van der Waals surface area contributed by atoms with E-state index in [1.54, 1.807) is 0 Å². The van der Waals surface area contributed by atoms with Crippen LogP contribution in [0.5, 0.6) is 0 Å². The summed E-state index contributed by atoms with van der Waals surface area (Å²) in [6, 6.07) is 70.1. The molecule has 0 bridgehead atoms. The Morgan fingerprint density at radius 1 is 0.370 bits per heavy atom. The fourth-order valence-corrected chi connectivity index (χ4v) is 8.56. The molecule has 2 heteroatoms. The first-order valence-corrected chi connectivity index (χ1v) is 18.7. The number of benzene rings is 8. The van der Waals surface area contributed by atoms with Gasteiger partial charge in [-0.1, -0.05) is 166 Å². The Kier molecular flexibility index (Phi) is 7.52. The number of pyridine rings is 1. The quantitative estimate of drug-likeness (QED) is 0.161. The second-order valence-electron chi connectivity index (χ2n) is 14.8. The first-order valence-electron chi connectivity index (χ1n) is 18.7. The van der Waals surface area contributed by atoms with Crippen molar-refractivity contribution in [3.63, 3.8) is 0 Å². The van der Waals surface area contributed by atoms with Gasteiger partial charge in [0.25, 0.3) is 0 Å². The van der Waals surface area contributed by atoms with Gasteiger partial charge in [-0.15, -0.1) is 0 Å². The second kappa shape index (κ2) is 12.7. The van der Waals surface area contributed by atoms with Gasteiger partial charge in [0.05, 0.1) is 11.2 Å². The lowest BCUT2D eigenvalue weighted by Gasteiger charge is -2.26. The minimum absolute atomic E-state index is 0.0363. The summed E-state index contributed by atoms with van der Waals surface area (Å²) in [5, 5.41) is 3.56. The van der Waals surface area contributed by atoms with Crippen LogP contribution >= 0.6 is 0 Å². The van der Waals surface area contributed by atoms with Crippen molar-refractivity contribution < 1.29 is 0 Å². The van der Waals surface area contributed by atoms with E-state index in [4.69, 9.17) is 4.98 Å². The predicted octanol–water partition coefficient (Wildman–Crippen LogP) is 14.2. The Morgan fingerprint density at radius 3 is 1.57 bits per heavy atom. The highest BCUT2D eigenvalue weighted by molar-refractivity contribution is 6.10. The molecule has 0 amide bonds. The van der Waals surface area contributed by atoms with Gasteiger partial charge in [-0.3, -0.25) is 0 Å². The van der Waals surface area contributed by atoms with Gasteiger partial charge < -0.3 is 4.90 Å². The first kappa shape index (κ1) is 31.9. The van der Waals surface area contributed by atoms with Crippen LogP contribution in [-0.2, 0) is 5.41 Å². The summed E-state index contributed by atoms with van der Waals surface area (Å²) in [4.78, 5) is 7.52. The maximum atomic E-state index is 5.18. The van der Waals surface area contributed by atoms with Gasteiger partial charge >= 0.3 is 0 Å². The number of nitrogens with zero attached hydrogens (tertiary/aromatic N) is 2. The van der Waals surface area contributed by atoms with E-state index in [-0.39, 0.29) is 5.41 Å². The van der Waals surface area contributed by atoms with Crippen molar-refractivity contribution >= 4 is 38.7 Å². The van der Waals surface area contributed by atoms with Gasteiger partial charge in [-0.05, 0) is 92.4 Å². The number of rotatable bonds is 6. The van der Waals surface area contributed by atoms with E-state index in [2.05, 4.69) is 213 Å². The lowest BCUT2D eigenvalue weighted by atomic mass is 9.82. The number of hydrogen-bond donors (Lipinski definition) is 0. The summed E-state index contributed by atoms with van der Waals surface area (Å²) in [6.45, 7) is 4.69. The van der Waals surface area contributed by atoms with Crippen LogP contribution in [0.15, 0.2) is 194 Å². The van der Waals surface area contributed by atoms with Crippen molar-refractivity contribution in [3.05, 3.63) is 205 Å². The molecule has 54 heavy (non-hydrogen) atoms. The zero-order chi connectivity index (χ0) is 36.2. The monoisotopic (exact) mass is 690 g/mol. The van der Waals surface area contributed by atoms with Crippen LogP contribution in [0.3, 0.4) is 0 Å². The Bertz CT molecular complexity index is 2820. The Balaban J connectivity index is 1.07. The lowest BCUT2D eigenvalue weighted by molar-refractivity contribution is 0.660. The molecule has 1 aliphatic carbocycles. The molecule has 2 nitrogen and oxygen atoms in total. The van der Waals surface area contributed by atoms with Gasteiger partial charge in [0.2, 0.25) is 0 Å². The summed E-state index contributed by atoms with van der Waals surface area (Å²) in [5.41, 5.74) is 16.7. The molecule has 0 unspecified atom stereocenters. The number of fused-ring (bicyclic) bond motifs is 6. The summed E-state index contributed by atoms with van der Waals surface area (Å²) >= 11 is 0. The number of anilines is 3. The van der Waals surface area contributed by atoms with E-state index in [0.717, 1.165) is 39.2 Å². The smallest absolute Gasteiger partial charge is 0.0788 e. The zero-order valence-electron chi connectivity index (χ0n) is 30.4. The SMILES string of the molecule is CC1(C)c2ccccc2-c2c(-c3ccc(N(c4ccc(-c5ccccc5)cc4)c4ccc(-c5nc6ccccc6c6ccccc56)cc4)cc3)cccc21. The molecule has 0 spiro atoms. The average Bonchev–Trinajstić information content (AvgIpc) is 3.48. The molecule has 0 fully saturated rings. The van der Waals surface area contributed by atoms with Crippen LogP contribution in [0.25, 0.3) is 66.3 Å². The maximum absolute atomic E-state index is 5.18. The van der Waals surface area contributed by atoms with Gasteiger partial charge in [0.1, 0.15) is 0 Å². The van der Waals surface area contributed by atoms with Gasteiger partial charge in [-0.2, -0.15) is 0 Å². The van der Waals surface area contributed by atoms with Gasteiger partial charge in [0.15, 0.2) is 0 Å². The third kappa shape index (κ3) is 5.22. The molecule has 8 aromatic carbocycles. The summed E-state index contributed by atoms with van der Waals surface area (Å²) in [7, 11) is 0. The molecule has 0 radical (unpaired) electrons. The van der Waals surface area contributed by atoms with Crippen LogP contribution in [0.2, 0.25) is 0 Å². The Morgan fingerprint density at radius 2 is 0.870 bits per heavy atom. The van der Waals surface area contributed by atoms with E-state index in [1.807, 2.05) is 0 Å². The molecule has 1 aromatic heterocycles. The van der Waals surface area contributed by atoms with E-state index < -0.39 is 0 Å². The molecule has 9 aromatic rings. The number of para-hydroxylation sites is 1. The molecule has 1 aliphatic rings. The summed E-state index contributed by atoms with van der Waals surface area (Å²) in [6.07, 6.45) is 0. The van der Waals surface area contributed by atoms with Crippen LogP contribution in [0.4, 0.5) is 17.1 Å². The Labute approximate surface area is 316 Å². The molecular weight excluding hydrogens is 653 g/mol. The van der Waals surface area contributed by atoms with E-state index >= 15 is 0 Å². The Hall–Kier alpha value is -6.77. The number of aromatic nitrogens is 1. The second-order valence-corrected chi connectivity index (χ2v) is 14.8. The molecule has 0 N–H and O–H groups in total. The highest BCUT2D eigenvalue weighted by Crippen LogP contribution is 2.52. The molecule has 0 aliphatic heterocycles. The first-order chi connectivity index (χ1) is 26.5. The fourth-order valence-electron chi connectivity index (χ4n) is 8.56. The number of hydrogen-bond acceptors (Lipinski definition) is 2. The highest BCUT2D eigenvalue weighted by Gasteiger charge is 2.36. The standard InChI is InChI=1S/C52H38N2/c1-52(2)47-20-10-8-18-46(47)50-42(19-12-21-48(50)52)37-25-31-40(32-26-37)54(39-29-23-36(24-30-39)35-13-4-3-5-14-35)41-33-27-38(28-34-41)51-45-17-7-6-15-43(45)44-16-9-11-22-49(44)53-51/h3-34H,1-2H3. The van der Waals surface area contributed by atoms with Crippen LogP contribution in [-0.4, -0.2) is 4.98 Å². The van der Waals surface area contributed by atoms with E-state index in [9.17, 15) is 0 Å². The minimum Gasteiger partial charge on any atom is -0.311 e. The molecular formula is C52H38N2. The maximum Gasteiger partial charge on any atom is 0.0788 e. The molecule has 0 saturated heterocycles. The normalized spacial score (nSPS) is 12.8. The van der Waals surface area contributed by atoms with Crippen LogP contribution in [0, 0.1) is 0 Å². The minimum atomic E-state index is -0.0363. The molecule has 0 saturated carbocycles. The van der Waals surface area contributed by atoms with Crippen LogP contribution < -0.4 is 4.90 Å². The average molecular weight is 691 g/mol. The molecule has 1 heterocycles. The van der Waals surface area contributed by atoms with Gasteiger partial charge in [0, 0.05) is 38.8 Å². The lowest BCUT2D eigenvalue weighted by Crippen LogP contribution is -2.14. The zero-order valence-corrected chi connectivity index (χ0v) is 30.4.